The van der Waals surface area contributed by atoms with Gasteiger partial charge < -0.3 is 10.1 Å². The molecule has 17 heavy (non-hydrogen) atoms. The molecule has 1 aliphatic rings. The molecule has 3 heteroatoms. The van der Waals surface area contributed by atoms with Crippen molar-refractivity contribution in [3.63, 3.8) is 0 Å². The van der Waals surface area contributed by atoms with Crippen molar-refractivity contribution in [3.8, 4) is 0 Å². The predicted molar refractivity (Wildman–Crippen MR) is 71.4 cm³/mol. The lowest BCUT2D eigenvalue weighted by molar-refractivity contribution is -0.0276. The van der Waals surface area contributed by atoms with Crippen molar-refractivity contribution in [2.24, 2.45) is 5.92 Å². The van der Waals surface area contributed by atoms with Crippen LogP contribution in [0.15, 0.2) is 24.3 Å². The summed E-state index contributed by atoms with van der Waals surface area (Å²) >= 11 is 5.92. The van der Waals surface area contributed by atoms with Crippen molar-refractivity contribution in [2.75, 3.05) is 19.7 Å². The van der Waals surface area contributed by atoms with Gasteiger partial charge >= 0.3 is 0 Å². The van der Waals surface area contributed by atoms with Crippen LogP contribution in [-0.4, -0.2) is 19.7 Å². The molecular weight excluding hydrogens is 234 g/mol. The Bertz CT molecular complexity index is 339. The smallest absolute Gasteiger partial charge is 0.0865 e. The Balaban J connectivity index is 2.07. The van der Waals surface area contributed by atoms with Crippen molar-refractivity contribution in [1.82, 2.24) is 5.32 Å². The van der Waals surface area contributed by atoms with Gasteiger partial charge in [0.05, 0.1) is 6.10 Å². The summed E-state index contributed by atoms with van der Waals surface area (Å²) in [6.45, 7) is 5.06. The van der Waals surface area contributed by atoms with Crippen LogP contribution in [0.2, 0.25) is 5.02 Å². The first-order valence-corrected chi connectivity index (χ1v) is 6.77. The fourth-order valence-corrected chi connectivity index (χ4v) is 2.53. The summed E-state index contributed by atoms with van der Waals surface area (Å²) in [5.41, 5.74) is 1.25. The minimum Gasteiger partial charge on any atom is -0.373 e. The van der Waals surface area contributed by atoms with Gasteiger partial charge in [0.1, 0.15) is 0 Å². The van der Waals surface area contributed by atoms with Gasteiger partial charge in [-0.3, -0.25) is 0 Å². The predicted octanol–water partition coefficient (Wildman–Crippen LogP) is 3.42. The third-order valence-electron chi connectivity index (χ3n) is 3.30. The first-order valence-electron chi connectivity index (χ1n) is 6.39. The van der Waals surface area contributed by atoms with Crippen molar-refractivity contribution in [1.29, 1.82) is 0 Å². The van der Waals surface area contributed by atoms with Gasteiger partial charge in [0.2, 0.25) is 0 Å². The molecule has 1 aliphatic heterocycles. The van der Waals surface area contributed by atoms with E-state index in [1.807, 2.05) is 12.1 Å². The molecule has 94 valence electrons. The van der Waals surface area contributed by atoms with Crippen LogP contribution in [0, 0.1) is 5.92 Å². The zero-order chi connectivity index (χ0) is 12.1. The topological polar surface area (TPSA) is 21.3 Å². The molecule has 2 unspecified atom stereocenters. The highest BCUT2D eigenvalue weighted by Crippen LogP contribution is 2.33. The number of hydrogen-bond acceptors (Lipinski definition) is 2. The van der Waals surface area contributed by atoms with E-state index in [0.717, 1.165) is 24.7 Å². The van der Waals surface area contributed by atoms with E-state index in [1.54, 1.807) is 0 Å². The zero-order valence-corrected chi connectivity index (χ0v) is 11.0. The van der Waals surface area contributed by atoms with Crippen LogP contribution in [0.25, 0.3) is 0 Å². The van der Waals surface area contributed by atoms with Crippen molar-refractivity contribution in [3.05, 3.63) is 34.9 Å². The van der Waals surface area contributed by atoms with Crippen molar-refractivity contribution >= 4 is 11.6 Å². The Morgan fingerprint density at radius 2 is 2.12 bits per heavy atom. The molecule has 2 atom stereocenters. The third kappa shape index (κ3) is 3.44. The van der Waals surface area contributed by atoms with Crippen molar-refractivity contribution in [2.45, 2.75) is 25.9 Å². The largest absolute Gasteiger partial charge is 0.373 e. The highest BCUT2D eigenvalue weighted by atomic mass is 35.5. The van der Waals surface area contributed by atoms with E-state index in [9.17, 15) is 0 Å². The lowest BCUT2D eigenvalue weighted by atomic mass is 9.89. The highest BCUT2D eigenvalue weighted by molar-refractivity contribution is 6.30. The summed E-state index contributed by atoms with van der Waals surface area (Å²) in [7, 11) is 0. The second kappa shape index (κ2) is 6.39. The molecule has 1 aromatic carbocycles. The lowest BCUT2D eigenvalue weighted by Gasteiger charge is -2.32. The van der Waals surface area contributed by atoms with Gasteiger partial charge in [0.25, 0.3) is 0 Å². The average molecular weight is 254 g/mol. The molecule has 0 spiro atoms. The van der Waals surface area contributed by atoms with Crippen LogP contribution in [-0.2, 0) is 4.74 Å². The Hall–Kier alpha value is -0.570. The monoisotopic (exact) mass is 253 g/mol. The highest BCUT2D eigenvalue weighted by Gasteiger charge is 2.26. The quantitative estimate of drug-likeness (QED) is 0.888. The van der Waals surface area contributed by atoms with Crippen LogP contribution in [0.4, 0.5) is 0 Å². The van der Waals surface area contributed by atoms with E-state index in [0.29, 0.717) is 5.92 Å². The summed E-state index contributed by atoms with van der Waals surface area (Å²) in [5.74, 6) is 0.574. The van der Waals surface area contributed by atoms with Crippen LogP contribution in [0.5, 0.6) is 0 Å². The molecular formula is C14H20ClNO. The Morgan fingerprint density at radius 1 is 1.35 bits per heavy atom. The number of hydrogen-bond donors (Lipinski definition) is 1. The SMILES string of the molecule is CCNCC1CCCOC1c1ccc(Cl)cc1. The Morgan fingerprint density at radius 3 is 2.82 bits per heavy atom. The normalized spacial score (nSPS) is 24.8. The van der Waals surface area contributed by atoms with E-state index >= 15 is 0 Å². The molecule has 0 bridgehead atoms. The molecule has 0 aromatic heterocycles. The molecule has 1 aromatic rings. The van der Waals surface area contributed by atoms with E-state index < -0.39 is 0 Å². The standard InChI is InChI=1S/C14H20ClNO/c1-2-16-10-12-4-3-9-17-14(12)11-5-7-13(15)8-6-11/h5-8,12,14,16H,2-4,9-10H2,1H3. The first kappa shape index (κ1) is 12.9. The van der Waals surface area contributed by atoms with E-state index in [4.69, 9.17) is 16.3 Å². The molecule has 0 aliphatic carbocycles. The molecule has 1 N–H and O–H groups in total. The maximum absolute atomic E-state index is 5.93. The Labute approximate surface area is 108 Å². The number of ether oxygens (including phenoxy) is 1. The molecule has 1 saturated heterocycles. The first-order chi connectivity index (χ1) is 8.31. The second-order valence-electron chi connectivity index (χ2n) is 4.55. The maximum Gasteiger partial charge on any atom is 0.0865 e. The van der Waals surface area contributed by atoms with Crippen LogP contribution >= 0.6 is 11.6 Å². The fourth-order valence-electron chi connectivity index (χ4n) is 2.40. The van der Waals surface area contributed by atoms with Crippen LogP contribution < -0.4 is 5.32 Å². The van der Waals surface area contributed by atoms with E-state index in [1.165, 1.54) is 18.4 Å². The summed E-state index contributed by atoms with van der Waals surface area (Å²) in [6.07, 6.45) is 2.63. The van der Waals surface area contributed by atoms with Gasteiger partial charge in [0, 0.05) is 24.1 Å². The lowest BCUT2D eigenvalue weighted by Crippen LogP contribution is -2.31. The number of rotatable bonds is 4. The third-order valence-corrected chi connectivity index (χ3v) is 3.55. The van der Waals surface area contributed by atoms with E-state index in [2.05, 4.69) is 24.4 Å². The fraction of sp³-hybridized carbons (Fsp3) is 0.571. The average Bonchev–Trinajstić information content (AvgIpc) is 2.38. The van der Waals surface area contributed by atoms with E-state index in [-0.39, 0.29) is 6.10 Å². The number of halogens is 1. The molecule has 1 heterocycles. The number of benzene rings is 1. The zero-order valence-electron chi connectivity index (χ0n) is 10.3. The summed E-state index contributed by atoms with van der Waals surface area (Å²) < 4.78 is 5.93. The molecule has 1 fully saturated rings. The molecule has 2 rings (SSSR count). The minimum atomic E-state index is 0.222. The summed E-state index contributed by atoms with van der Waals surface area (Å²) in [6, 6.07) is 8.05. The van der Waals surface area contributed by atoms with Crippen LogP contribution in [0.3, 0.4) is 0 Å². The van der Waals surface area contributed by atoms with Crippen LogP contribution in [0.1, 0.15) is 31.4 Å². The molecule has 0 saturated carbocycles. The van der Waals surface area contributed by atoms with Gasteiger partial charge in [-0.2, -0.15) is 0 Å². The molecule has 0 amide bonds. The van der Waals surface area contributed by atoms with Gasteiger partial charge in [-0.25, -0.2) is 0 Å². The summed E-state index contributed by atoms with van der Waals surface area (Å²) in [5, 5.41) is 4.21. The summed E-state index contributed by atoms with van der Waals surface area (Å²) in [4.78, 5) is 0. The maximum atomic E-state index is 5.93. The van der Waals surface area contributed by atoms with Gasteiger partial charge in [-0.1, -0.05) is 30.7 Å². The number of nitrogens with one attached hydrogen (secondary N) is 1. The van der Waals surface area contributed by atoms with Crippen molar-refractivity contribution < 1.29 is 4.74 Å². The van der Waals surface area contributed by atoms with Gasteiger partial charge in [0.15, 0.2) is 0 Å². The minimum absolute atomic E-state index is 0.222. The molecule has 2 nitrogen and oxygen atoms in total. The Kier molecular flexibility index (Phi) is 4.84. The van der Waals surface area contributed by atoms with Gasteiger partial charge in [-0.05, 0) is 37.1 Å². The van der Waals surface area contributed by atoms with Gasteiger partial charge in [-0.15, -0.1) is 0 Å². The second-order valence-corrected chi connectivity index (χ2v) is 4.99. The molecule has 0 radical (unpaired) electrons.